The first-order valence-corrected chi connectivity index (χ1v) is 6.87. The van der Waals surface area contributed by atoms with Crippen LogP contribution in [-0.2, 0) is 0 Å². The largest absolute Gasteiger partial charge is 0.494 e. The van der Waals surface area contributed by atoms with Crippen molar-refractivity contribution >= 4 is 0 Å². The highest BCUT2D eigenvalue weighted by molar-refractivity contribution is 5.29. The minimum Gasteiger partial charge on any atom is -0.494 e. The zero-order valence-electron chi connectivity index (χ0n) is 11.1. The molecule has 17 heavy (non-hydrogen) atoms. The standard InChI is InChI=1S/C16H25O/c1-3-4-5-6-7-8-9-13-17-16-12-10-11-15(2)14-16/h10-12,14H,2-9,13H2,1H3. The van der Waals surface area contributed by atoms with E-state index in [0.717, 1.165) is 24.3 Å². The van der Waals surface area contributed by atoms with Crippen molar-refractivity contribution < 1.29 is 4.74 Å². The molecule has 1 nitrogen and oxygen atoms in total. The molecule has 0 saturated heterocycles. The predicted molar refractivity (Wildman–Crippen MR) is 74.4 cm³/mol. The highest BCUT2D eigenvalue weighted by atomic mass is 16.5. The van der Waals surface area contributed by atoms with Crippen LogP contribution in [0.5, 0.6) is 5.75 Å². The Morgan fingerprint density at radius 1 is 1.00 bits per heavy atom. The molecule has 1 radical (unpaired) electrons. The van der Waals surface area contributed by atoms with E-state index < -0.39 is 0 Å². The van der Waals surface area contributed by atoms with E-state index in [-0.39, 0.29) is 0 Å². The molecule has 1 rings (SSSR count). The first-order valence-electron chi connectivity index (χ1n) is 6.87. The molecule has 0 aliphatic rings. The average molecular weight is 233 g/mol. The lowest BCUT2D eigenvalue weighted by Crippen LogP contribution is -1.97. The number of benzene rings is 1. The Labute approximate surface area is 106 Å². The zero-order chi connectivity index (χ0) is 12.3. The number of hydrogen-bond donors (Lipinski definition) is 0. The third kappa shape index (κ3) is 7.04. The van der Waals surface area contributed by atoms with Gasteiger partial charge in [-0.25, -0.2) is 0 Å². The van der Waals surface area contributed by atoms with E-state index in [1.165, 1.54) is 38.5 Å². The van der Waals surface area contributed by atoms with Crippen molar-refractivity contribution in [3.8, 4) is 5.75 Å². The number of rotatable bonds is 9. The van der Waals surface area contributed by atoms with Gasteiger partial charge in [0.1, 0.15) is 5.75 Å². The Morgan fingerprint density at radius 2 is 1.71 bits per heavy atom. The van der Waals surface area contributed by atoms with Crippen LogP contribution in [0, 0.1) is 6.92 Å². The molecular formula is C16H25O. The number of ether oxygens (including phenoxy) is 1. The molecule has 0 heterocycles. The van der Waals surface area contributed by atoms with Crippen molar-refractivity contribution in [2.75, 3.05) is 6.61 Å². The summed E-state index contributed by atoms with van der Waals surface area (Å²) < 4.78 is 5.67. The van der Waals surface area contributed by atoms with Gasteiger partial charge in [0.25, 0.3) is 0 Å². The van der Waals surface area contributed by atoms with Crippen LogP contribution in [0.15, 0.2) is 24.3 Å². The maximum absolute atomic E-state index is 5.67. The highest BCUT2D eigenvalue weighted by Crippen LogP contribution is 2.13. The van der Waals surface area contributed by atoms with Crippen LogP contribution in [0.1, 0.15) is 57.4 Å². The van der Waals surface area contributed by atoms with Crippen molar-refractivity contribution in [2.24, 2.45) is 0 Å². The van der Waals surface area contributed by atoms with Gasteiger partial charge in [-0.05, 0) is 31.0 Å². The third-order valence-corrected chi connectivity index (χ3v) is 2.92. The Balaban J connectivity index is 1.97. The normalized spacial score (nSPS) is 10.5. The molecule has 0 unspecified atom stereocenters. The van der Waals surface area contributed by atoms with Gasteiger partial charge < -0.3 is 4.74 Å². The summed E-state index contributed by atoms with van der Waals surface area (Å²) in [6, 6.07) is 7.96. The molecule has 0 atom stereocenters. The van der Waals surface area contributed by atoms with Crippen LogP contribution < -0.4 is 4.74 Å². The molecular weight excluding hydrogens is 208 g/mol. The van der Waals surface area contributed by atoms with Crippen LogP contribution in [0.2, 0.25) is 0 Å². The summed E-state index contributed by atoms with van der Waals surface area (Å²) in [6.07, 6.45) is 9.26. The molecule has 0 aliphatic heterocycles. The summed E-state index contributed by atoms with van der Waals surface area (Å²) in [5.41, 5.74) is 1.02. The van der Waals surface area contributed by atoms with Crippen molar-refractivity contribution in [3.63, 3.8) is 0 Å². The molecule has 1 aromatic carbocycles. The molecule has 0 aromatic heterocycles. The summed E-state index contributed by atoms with van der Waals surface area (Å²) in [5, 5.41) is 0. The van der Waals surface area contributed by atoms with E-state index in [0.29, 0.717) is 0 Å². The van der Waals surface area contributed by atoms with Gasteiger partial charge in [0.2, 0.25) is 0 Å². The topological polar surface area (TPSA) is 9.23 Å². The van der Waals surface area contributed by atoms with Crippen LogP contribution in [0.25, 0.3) is 0 Å². The van der Waals surface area contributed by atoms with Gasteiger partial charge >= 0.3 is 0 Å². The monoisotopic (exact) mass is 233 g/mol. The molecule has 0 aliphatic carbocycles. The lowest BCUT2D eigenvalue weighted by atomic mass is 10.1. The zero-order valence-corrected chi connectivity index (χ0v) is 11.1. The Bertz CT molecular complexity index is 293. The Hall–Kier alpha value is -0.980. The average Bonchev–Trinajstić information content (AvgIpc) is 2.33. The van der Waals surface area contributed by atoms with Crippen molar-refractivity contribution in [1.29, 1.82) is 0 Å². The lowest BCUT2D eigenvalue weighted by Gasteiger charge is -2.06. The van der Waals surface area contributed by atoms with Gasteiger partial charge in [-0.15, -0.1) is 0 Å². The second-order valence-electron chi connectivity index (χ2n) is 4.62. The summed E-state index contributed by atoms with van der Waals surface area (Å²) in [7, 11) is 0. The van der Waals surface area contributed by atoms with Crippen LogP contribution in [-0.4, -0.2) is 6.61 Å². The van der Waals surface area contributed by atoms with Gasteiger partial charge in [-0.2, -0.15) is 0 Å². The Kier molecular flexibility index (Phi) is 7.53. The number of unbranched alkanes of at least 4 members (excludes halogenated alkanes) is 6. The molecule has 1 aromatic rings. The highest BCUT2D eigenvalue weighted by Gasteiger charge is 1.94. The Morgan fingerprint density at radius 3 is 2.41 bits per heavy atom. The molecule has 95 valence electrons. The molecule has 0 N–H and O–H groups in total. The van der Waals surface area contributed by atoms with Crippen LogP contribution in [0.3, 0.4) is 0 Å². The van der Waals surface area contributed by atoms with Gasteiger partial charge in [0.05, 0.1) is 6.61 Å². The van der Waals surface area contributed by atoms with Crippen molar-refractivity contribution in [3.05, 3.63) is 36.8 Å². The summed E-state index contributed by atoms with van der Waals surface area (Å²) in [5.74, 6) is 0.948. The first kappa shape index (κ1) is 14.1. The molecule has 0 bridgehead atoms. The van der Waals surface area contributed by atoms with Gasteiger partial charge in [0.15, 0.2) is 0 Å². The molecule has 1 heteroatoms. The van der Waals surface area contributed by atoms with E-state index in [4.69, 9.17) is 4.74 Å². The SMILES string of the molecule is [CH2]c1cccc(OCCCCCCCCC)c1. The second-order valence-corrected chi connectivity index (χ2v) is 4.62. The van der Waals surface area contributed by atoms with E-state index >= 15 is 0 Å². The quantitative estimate of drug-likeness (QED) is 0.545. The van der Waals surface area contributed by atoms with Gasteiger partial charge in [-0.1, -0.05) is 57.6 Å². The summed E-state index contributed by atoms with van der Waals surface area (Å²) >= 11 is 0. The first-order chi connectivity index (χ1) is 8.33. The summed E-state index contributed by atoms with van der Waals surface area (Å²) in [6.45, 7) is 6.97. The van der Waals surface area contributed by atoms with E-state index in [1.54, 1.807) is 0 Å². The molecule has 0 fully saturated rings. The fourth-order valence-electron chi connectivity index (χ4n) is 1.88. The van der Waals surface area contributed by atoms with Gasteiger partial charge in [0, 0.05) is 0 Å². The molecule has 0 saturated carbocycles. The molecule has 0 spiro atoms. The van der Waals surface area contributed by atoms with E-state index in [1.807, 2.05) is 24.3 Å². The maximum Gasteiger partial charge on any atom is 0.119 e. The van der Waals surface area contributed by atoms with Crippen molar-refractivity contribution in [2.45, 2.75) is 51.9 Å². The van der Waals surface area contributed by atoms with Gasteiger partial charge in [-0.3, -0.25) is 0 Å². The van der Waals surface area contributed by atoms with Crippen LogP contribution in [0.4, 0.5) is 0 Å². The van der Waals surface area contributed by atoms with E-state index in [2.05, 4.69) is 13.8 Å². The lowest BCUT2D eigenvalue weighted by molar-refractivity contribution is 0.304. The molecule has 0 amide bonds. The van der Waals surface area contributed by atoms with Crippen LogP contribution >= 0.6 is 0 Å². The summed E-state index contributed by atoms with van der Waals surface area (Å²) in [4.78, 5) is 0. The fourth-order valence-corrected chi connectivity index (χ4v) is 1.88. The van der Waals surface area contributed by atoms with Crippen molar-refractivity contribution in [1.82, 2.24) is 0 Å². The van der Waals surface area contributed by atoms with E-state index in [9.17, 15) is 0 Å². The smallest absolute Gasteiger partial charge is 0.119 e. The minimum atomic E-state index is 0.831. The predicted octanol–water partition coefficient (Wildman–Crippen LogP) is 5.00. The third-order valence-electron chi connectivity index (χ3n) is 2.92. The second kappa shape index (κ2) is 9.09. The number of hydrogen-bond acceptors (Lipinski definition) is 1. The fraction of sp³-hybridized carbons (Fsp3) is 0.562. The minimum absolute atomic E-state index is 0.831. The maximum atomic E-state index is 5.67.